The summed E-state index contributed by atoms with van der Waals surface area (Å²) in [5.74, 6) is 0. The molecule has 1 saturated heterocycles. The first kappa shape index (κ1) is 32.7. The number of nitrogens with zero attached hydrogens (tertiary/aromatic N) is 3. The molecule has 1 N–H and O–H groups in total. The average Bonchev–Trinajstić information content (AvgIpc) is 3.37. The van der Waals surface area contributed by atoms with Crippen molar-refractivity contribution in [1.82, 2.24) is 14.2 Å². The molecule has 10 nitrogen and oxygen atoms in total. The van der Waals surface area contributed by atoms with Crippen molar-refractivity contribution in [2.24, 2.45) is 0 Å². The first-order valence-electron chi connectivity index (χ1n) is 14.6. The van der Waals surface area contributed by atoms with E-state index in [1.54, 1.807) is 6.92 Å². The first-order valence-corrected chi connectivity index (χ1v) is 15.8. The Kier molecular flexibility index (Phi) is 11.8. The number of nitrogens with one attached hydrogen (secondary N) is 1. The highest BCUT2D eigenvalue weighted by atomic mass is 31.2. The van der Waals surface area contributed by atoms with E-state index in [0.29, 0.717) is 18.6 Å². The maximum atomic E-state index is 12.7. The summed E-state index contributed by atoms with van der Waals surface area (Å²) in [7, 11) is -1.54. The number of aromatic amines is 1. The van der Waals surface area contributed by atoms with Crippen molar-refractivity contribution in [2.75, 3.05) is 13.2 Å². The van der Waals surface area contributed by atoms with E-state index in [4.69, 9.17) is 23.8 Å². The number of benzene rings is 2. The molecule has 2 aromatic carbocycles. The Morgan fingerprint density at radius 3 is 2.40 bits per heavy atom. The van der Waals surface area contributed by atoms with Crippen LogP contribution < -0.4 is 11.2 Å². The summed E-state index contributed by atoms with van der Waals surface area (Å²) in [5, 5.41) is 9.08. The van der Waals surface area contributed by atoms with Gasteiger partial charge in [-0.15, -0.1) is 0 Å². The fraction of sp³-hybridized carbons (Fsp3) is 0.469. The number of rotatable bonds is 14. The number of aryl methyl sites for hydroxylation is 1. The van der Waals surface area contributed by atoms with Gasteiger partial charge >= 0.3 is 5.69 Å². The smallest absolute Gasteiger partial charge is 0.330 e. The molecular formula is C32H41N4O6P. The SMILES string of the molecule is Cc1cn([C@H]2C[C@H](OP(OCCC#N)N(C(C)C)C(C)C)[C@@H](COCc3ccc(-c4ccccc4)cc3)O2)c(=O)[nH]c1=O. The van der Waals surface area contributed by atoms with Crippen molar-refractivity contribution >= 4 is 8.53 Å². The van der Waals surface area contributed by atoms with Gasteiger partial charge in [0.1, 0.15) is 12.3 Å². The monoisotopic (exact) mass is 608 g/mol. The number of H-pyrrole nitrogens is 1. The lowest BCUT2D eigenvalue weighted by Crippen LogP contribution is -2.36. The van der Waals surface area contributed by atoms with Crippen LogP contribution in [-0.2, 0) is 25.1 Å². The summed E-state index contributed by atoms with van der Waals surface area (Å²) < 4.78 is 28.8. The molecule has 1 fully saturated rings. The molecular weight excluding hydrogens is 567 g/mol. The van der Waals surface area contributed by atoms with Crippen LogP contribution in [0.5, 0.6) is 0 Å². The minimum atomic E-state index is -1.54. The molecule has 1 aromatic heterocycles. The molecule has 1 aliphatic heterocycles. The van der Waals surface area contributed by atoms with Crippen LogP contribution in [0.25, 0.3) is 11.1 Å². The predicted octanol–water partition coefficient (Wildman–Crippen LogP) is 5.68. The Balaban J connectivity index is 1.51. The van der Waals surface area contributed by atoms with Crippen molar-refractivity contribution < 1.29 is 18.5 Å². The summed E-state index contributed by atoms with van der Waals surface area (Å²) in [6.07, 6.45) is 0.500. The van der Waals surface area contributed by atoms with E-state index in [-0.39, 0.29) is 31.7 Å². The number of hydrogen-bond acceptors (Lipinski definition) is 8. The van der Waals surface area contributed by atoms with Gasteiger partial charge in [0.25, 0.3) is 14.1 Å². The van der Waals surface area contributed by atoms with Gasteiger partial charge in [0.15, 0.2) is 0 Å². The molecule has 4 atom stereocenters. The maximum Gasteiger partial charge on any atom is 0.330 e. The molecule has 1 aliphatic rings. The van der Waals surface area contributed by atoms with Gasteiger partial charge in [-0.1, -0.05) is 54.6 Å². The Labute approximate surface area is 254 Å². The number of hydrogen-bond donors (Lipinski definition) is 1. The lowest BCUT2D eigenvalue weighted by molar-refractivity contribution is -0.0647. The molecule has 4 rings (SSSR count). The van der Waals surface area contributed by atoms with Crippen LogP contribution in [-0.4, -0.2) is 51.7 Å². The fourth-order valence-corrected chi connectivity index (χ4v) is 6.82. The molecule has 0 bridgehead atoms. The Morgan fingerprint density at radius 1 is 1.07 bits per heavy atom. The van der Waals surface area contributed by atoms with E-state index < -0.39 is 38.2 Å². The van der Waals surface area contributed by atoms with Crippen molar-refractivity contribution in [2.45, 2.75) is 84.6 Å². The van der Waals surface area contributed by atoms with Gasteiger partial charge in [0, 0.05) is 30.3 Å². The fourth-order valence-electron chi connectivity index (χ4n) is 5.06. The van der Waals surface area contributed by atoms with Crippen LogP contribution >= 0.6 is 8.53 Å². The van der Waals surface area contributed by atoms with Crippen molar-refractivity contribution in [3.63, 3.8) is 0 Å². The standard InChI is InChI=1S/C32H41N4O6P/c1-22(2)36(23(3)4)43(40-17-9-16-33)42-28-18-30(35-19-24(5)31(37)34-32(35)38)41-29(28)21-39-20-25-12-14-27(15-13-25)26-10-7-6-8-11-26/h6-8,10-15,19,22-23,28-30H,9,17-18,20-21H2,1-5H3,(H,34,37,38)/t28-,29+,30+,43?/m0/s1. The van der Waals surface area contributed by atoms with Crippen molar-refractivity contribution in [1.29, 1.82) is 5.26 Å². The highest BCUT2D eigenvalue weighted by molar-refractivity contribution is 7.44. The van der Waals surface area contributed by atoms with Crippen LogP contribution in [0.15, 0.2) is 70.4 Å². The highest BCUT2D eigenvalue weighted by Crippen LogP contribution is 2.50. The van der Waals surface area contributed by atoms with Gasteiger partial charge in [-0.05, 0) is 51.3 Å². The third-order valence-electron chi connectivity index (χ3n) is 7.14. The minimum absolute atomic E-state index is 0.129. The summed E-state index contributed by atoms with van der Waals surface area (Å²) in [6, 6.07) is 20.8. The lowest BCUT2D eigenvalue weighted by Gasteiger charge is -2.37. The average molecular weight is 609 g/mol. The normalized spacial score (nSPS) is 19.3. The van der Waals surface area contributed by atoms with E-state index in [2.05, 4.69) is 67.7 Å². The Morgan fingerprint density at radius 2 is 1.74 bits per heavy atom. The molecule has 3 aromatic rings. The molecule has 0 radical (unpaired) electrons. The van der Waals surface area contributed by atoms with Crippen LogP contribution in [0.2, 0.25) is 0 Å². The molecule has 0 saturated carbocycles. The molecule has 0 aliphatic carbocycles. The molecule has 43 heavy (non-hydrogen) atoms. The van der Waals surface area contributed by atoms with Crippen molar-refractivity contribution in [3.8, 4) is 17.2 Å². The van der Waals surface area contributed by atoms with Crippen LogP contribution in [0.3, 0.4) is 0 Å². The first-order chi connectivity index (χ1) is 20.7. The van der Waals surface area contributed by atoms with Crippen LogP contribution in [0.4, 0.5) is 0 Å². The van der Waals surface area contributed by atoms with Gasteiger partial charge < -0.3 is 18.5 Å². The summed E-state index contributed by atoms with van der Waals surface area (Å²) in [5.41, 5.74) is 2.74. The predicted molar refractivity (Wildman–Crippen MR) is 166 cm³/mol. The van der Waals surface area contributed by atoms with Gasteiger partial charge in [0.2, 0.25) is 0 Å². The minimum Gasteiger partial charge on any atom is -0.374 e. The third-order valence-corrected chi connectivity index (χ3v) is 9.29. The second kappa shape index (κ2) is 15.5. The topological polar surface area (TPSA) is 119 Å². The zero-order valence-corrected chi connectivity index (χ0v) is 26.3. The third kappa shape index (κ3) is 8.70. The Hall–Kier alpha value is -3.16. The number of nitriles is 1. The molecule has 230 valence electrons. The maximum absolute atomic E-state index is 12.7. The summed E-state index contributed by atoms with van der Waals surface area (Å²) >= 11 is 0. The van der Waals surface area contributed by atoms with E-state index in [1.807, 2.05) is 30.3 Å². The number of aromatic nitrogens is 2. The molecule has 0 spiro atoms. The lowest BCUT2D eigenvalue weighted by atomic mass is 10.0. The summed E-state index contributed by atoms with van der Waals surface area (Å²) in [4.78, 5) is 27.0. The molecule has 2 heterocycles. The van der Waals surface area contributed by atoms with Gasteiger partial charge in [0.05, 0.1) is 38.4 Å². The van der Waals surface area contributed by atoms with Gasteiger partial charge in [-0.3, -0.25) is 14.3 Å². The molecule has 11 heteroatoms. The summed E-state index contributed by atoms with van der Waals surface area (Å²) in [6.45, 7) is 10.8. The highest BCUT2D eigenvalue weighted by Gasteiger charge is 2.41. The van der Waals surface area contributed by atoms with E-state index in [1.165, 1.54) is 10.8 Å². The number of ether oxygens (including phenoxy) is 2. The molecule has 1 unspecified atom stereocenters. The van der Waals surface area contributed by atoms with Crippen LogP contribution in [0.1, 0.15) is 57.9 Å². The largest absolute Gasteiger partial charge is 0.374 e. The zero-order chi connectivity index (χ0) is 30.9. The van der Waals surface area contributed by atoms with E-state index in [9.17, 15) is 9.59 Å². The second-order valence-electron chi connectivity index (χ2n) is 11.1. The van der Waals surface area contributed by atoms with E-state index >= 15 is 0 Å². The van der Waals surface area contributed by atoms with Crippen molar-refractivity contribution in [3.05, 3.63) is 92.8 Å². The quantitative estimate of drug-likeness (QED) is 0.184. The van der Waals surface area contributed by atoms with Gasteiger partial charge in [-0.25, -0.2) is 9.46 Å². The Bertz CT molecular complexity index is 1460. The molecule has 0 amide bonds. The van der Waals surface area contributed by atoms with Crippen LogP contribution in [0, 0.1) is 18.3 Å². The zero-order valence-electron chi connectivity index (χ0n) is 25.4. The van der Waals surface area contributed by atoms with E-state index in [0.717, 1.165) is 16.7 Å². The second-order valence-corrected chi connectivity index (χ2v) is 12.5. The van der Waals surface area contributed by atoms with Gasteiger partial charge in [-0.2, -0.15) is 5.26 Å².